The summed E-state index contributed by atoms with van der Waals surface area (Å²) in [4.78, 5) is 4.35. The maximum absolute atomic E-state index is 13.0. The first-order valence-electron chi connectivity index (χ1n) is 8.04. The number of piperazine rings is 1. The summed E-state index contributed by atoms with van der Waals surface area (Å²) in [5.74, 6) is 0. The summed E-state index contributed by atoms with van der Waals surface area (Å²) >= 11 is 0. The van der Waals surface area contributed by atoms with Crippen LogP contribution in [0.4, 0.5) is 0 Å². The van der Waals surface area contributed by atoms with E-state index in [4.69, 9.17) is 4.52 Å². The summed E-state index contributed by atoms with van der Waals surface area (Å²) in [6.45, 7) is 5.86. The monoisotopic (exact) mass is 374 g/mol. The molecule has 24 heavy (non-hydrogen) atoms. The Hall–Kier alpha value is -1.22. The third kappa shape index (κ3) is 3.42. The van der Waals surface area contributed by atoms with Gasteiger partial charge in [0.2, 0.25) is 10.0 Å². The summed E-state index contributed by atoms with van der Waals surface area (Å²) in [5, 5.41) is 7.88. The number of pyridine rings is 1. The molecule has 0 saturated carbocycles. The van der Waals surface area contributed by atoms with Gasteiger partial charge >= 0.3 is 0 Å². The first-order valence-corrected chi connectivity index (χ1v) is 9.48. The maximum Gasteiger partial charge on any atom is 0.258 e. The Morgan fingerprint density at radius 2 is 2.21 bits per heavy atom. The van der Waals surface area contributed by atoms with Gasteiger partial charge in [0.15, 0.2) is 0 Å². The van der Waals surface area contributed by atoms with Gasteiger partial charge < -0.3 is 9.84 Å². The van der Waals surface area contributed by atoms with Crippen LogP contribution in [0.3, 0.4) is 0 Å². The molecule has 0 aromatic carbocycles. The molecular formula is C15H23ClN4O3S. The van der Waals surface area contributed by atoms with Gasteiger partial charge in [-0.1, -0.05) is 25.4 Å². The zero-order valence-electron chi connectivity index (χ0n) is 13.9. The molecule has 0 amide bonds. The highest BCUT2D eigenvalue weighted by atomic mass is 35.5. The summed E-state index contributed by atoms with van der Waals surface area (Å²) in [6.07, 6.45) is 3.83. The molecule has 1 fully saturated rings. The van der Waals surface area contributed by atoms with E-state index in [1.54, 1.807) is 10.4 Å². The first kappa shape index (κ1) is 19.1. The fourth-order valence-electron chi connectivity index (χ4n) is 3.03. The van der Waals surface area contributed by atoms with E-state index < -0.39 is 10.0 Å². The van der Waals surface area contributed by atoms with Crippen molar-refractivity contribution in [1.29, 1.82) is 0 Å². The molecule has 1 atom stereocenters. The molecule has 1 saturated heterocycles. The number of nitrogens with zero attached hydrogens (tertiary/aromatic N) is 3. The van der Waals surface area contributed by atoms with Crippen LogP contribution in [0.2, 0.25) is 0 Å². The molecule has 0 aliphatic carbocycles. The quantitative estimate of drug-likeness (QED) is 0.860. The Kier molecular flexibility index (Phi) is 6.19. The molecule has 0 spiro atoms. The molecule has 0 radical (unpaired) electrons. The molecule has 1 aliphatic rings. The topological polar surface area (TPSA) is 88.3 Å². The Morgan fingerprint density at radius 1 is 1.42 bits per heavy atom. The number of aromatic nitrogens is 2. The van der Waals surface area contributed by atoms with Crippen LogP contribution >= 0.6 is 12.4 Å². The average molecular weight is 375 g/mol. The molecule has 3 heterocycles. The number of fused-ring (bicyclic) bond motifs is 1. The lowest BCUT2D eigenvalue weighted by Gasteiger charge is -2.35. The fraction of sp³-hybridized carbons (Fsp3) is 0.600. The normalized spacial score (nSPS) is 19.3. The molecular weight excluding hydrogens is 352 g/mol. The highest BCUT2D eigenvalue weighted by Crippen LogP contribution is 2.25. The van der Waals surface area contributed by atoms with Gasteiger partial charge in [0.25, 0.3) is 5.71 Å². The van der Waals surface area contributed by atoms with E-state index in [2.05, 4.69) is 22.4 Å². The van der Waals surface area contributed by atoms with Crippen LogP contribution in [0.5, 0.6) is 0 Å². The van der Waals surface area contributed by atoms with Gasteiger partial charge in [-0.05, 0) is 18.9 Å². The minimum absolute atomic E-state index is 0. The predicted molar refractivity (Wildman–Crippen MR) is 93.9 cm³/mol. The van der Waals surface area contributed by atoms with Crippen LogP contribution < -0.4 is 5.32 Å². The number of halogens is 1. The number of hydrogen-bond acceptors (Lipinski definition) is 6. The molecule has 0 bridgehead atoms. The van der Waals surface area contributed by atoms with Crippen LogP contribution in [-0.2, 0) is 16.4 Å². The minimum Gasteiger partial charge on any atom is -0.336 e. The van der Waals surface area contributed by atoms with Crippen LogP contribution in [0.1, 0.15) is 32.4 Å². The van der Waals surface area contributed by atoms with Crippen molar-refractivity contribution in [2.24, 2.45) is 0 Å². The zero-order valence-corrected chi connectivity index (χ0v) is 15.5. The molecule has 2 aromatic heterocycles. The van der Waals surface area contributed by atoms with Gasteiger partial charge in [-0.2, -0.15) is 4.31 Å². The summed E-state index contributed by atoms with van der Waals surface area (Å²) in [6, 6.07) is 1.63. The van der Waals surface area contributed by atoms with E-state index in [0.29, 0.717) is 37.2 Å². The number of rotatable bonds is 5. The van der Waals surface area contributed by atoms with Crippen molar-refractivity contribution in [3.05, 3.63) is 18.0 Å². The molecule has 2 aromatic rings. The second-order valence-electron chi connectivity index (χ2n) is 5.77. The summed E-state index contributed by atoms with van der Waals surface area (Å²) in [5.41, 5.74) is 1.11. The van der Waals surface area contributed by atoms with E-state index >= 15 is 0 Å². The Bertz CT molecular complexity index is 791. The van der Waals surface area contributed by atoms with Gasteiger partial charge in [-0.25, -0.2) is 13.4 Å². The number of sulfonamides is 1. The second kappa shape index (κ2) is 7.77. The largest absolute Gasteiger partial charge is 0.336 e. The van der Waals surface area contributed by atoms with Gasteiger partial charge in [0, 0.05) is 25.7 Å². The van der Waals surface area contributed by atoms with E-state index in [1.807, 2.05) is 6.92 Å². The molecule has 1 N–H and O–H groups in total. The van der Waals surface area contributed by atoms with Crippen LogP contribution in [0, 0.1) is 0 Å². The van der Waals surface area contributed by atoms with Crippen molar-refractivity contribution in [3.8, 4) is 0 Å². The van der Waals surface area contributed by atoms with Crippen molar-refractivity contribution >= 4 is 33.5 Å². The van der Waals surface area contributed by atoms with Crippen molar-refractivity contribution in [1.82, 2.24) is 19.8 Å². The predicted octanol–water partition coefficient (Wildman–Crippen LogP) is 1.97. The van der Waals surface area contributed by atoms with Crippen LogP contribution in [0.15, 0.2) is 21.7 Å². The van der Waals surface area contributed by atoms with Crippen LogP contribution in [-0.4, -0.2) is 48.5 Å². The minimum atomic E-state index is -3.57. The summed E-state index contributed by atoms with van der Waals surface area (Å²) in [7, 11) is -3.57. The van der Waals surface area contributed by atoms with E-state index in [1.165, 1.54) is 6.20 Å². The maximum atomic E-state index is 13.0. The van der Waals surface area contributed by atoms with Gasteiger partial charge in [-0.15, -0.1) is 12.4 Å². The fourth-order valence-corrected chi connectivity index (χ4v) is 4.66. The van der Waals surface area contributed by atoms with Crippen molar-refractivity contribution in [2.45, 2.75) is 44.0 Å². The Morgan fingerprint density at radius 3 is 2.92 bits per heavy atom. The summed E-state index contributed by atoms with van der Waals surface area (Å²) < 4.78 is 32.8. The highest BCUT2D eigenvalue weighted by Gasteiger charge is 2.33. The lowest BCUT2D eigenvalue weighted by atomic mass is 10.1. The number of nitrogens with one attached hydrogen (secondary N) is 1. The Balaban J connectivity index is 0.00000208. The van der Waals surface area contributed by atoms with E-state index in [9.17, 15) is 8.42 Å². The van der Waals surface area contributed by atoms with Crippen molar-refractivity contribution < 1.29 is 12.9 Å². The van der Waals surface area contributed by atoms with Gasteiger partial charge in [-0.3, -0.25) is 0 Å². The smallest absolute Gasteiger partial charge is 0.258 e. The molecule has 1 unspecified atom stereocenters. The molecule has 7 nitrogen and oxygen atoms in total. The third-order valence-corrected chi connectivity index (χ3v) is 6.16. The lowest BCUT2D eigenvalue weighted by Crippen LogP contribution is -2.53. The third-order valence-electron chi connectivity index (χ3n) is 4.24. The van der Waals surface area contributed by atoms with Crippen molar-refractivity contribution in [3.63, 3.8) is 0 Å². The van der Waals surface area contributed by atoms with Gasteiger partial charge in [0.1, 0.15) is 4.90 Å². The molecule has 3 rings (SSSR count). The molecule has 134 valence electrons. The number of aryl methyl sites for hydroxylation is 1. The van der Waals surface area contributed by atoms with Gasteiger partial charge in [0.05, 0.1) is 17.3 Å². The average Bonchev–Trinajstić information content (AvgIpc) is 2.97. The molecule has 1 aliphatic heterocycles. The SMILES string of the molecule is CCCC1CNCCN1S(=O)(=O)c1cnc2onc(CC)c2c1.Cl. The van der Waals surface area contributed by atoms with Crippen LogP contribution in [0.25, 0.3) is 11.1 Å². The second-order valence-corrected chi connectivity index (χ2v) is 7.66. The first-order chi connectivity index (χ1) is 11.1. The number of hydrogen-bond donors (Lipinski definition) is 1. The zero-order chi connectivity index (χ0) is 16.4. The highest BCUT2D eigenvalue weighted by molar-refractivity contribution is 7.89. The standard InChI is InChI=1S/C15H22N4O3S.ClH/c1-3-5-11-9-16-6-7-19(11)23(20,21)12-8-13-14(4-2)18-22-15(13)17-10-12;/h8,10-11,16H,3-7,9H2,1-2H3;1H. The van der Waals surface area contributed by atoms with E-state index in [0.717, 1.165) is 18.5 Å². The Labute approximate surface area is 148 Å². The van der Waals surface area contributed by atoms with Crippen molar-refractivity contribution in [2.75, 3.05) is 19.6 Å². The lowest BCUT2D eigenvalue weighted by molar-refractivity contribution is 0.254. The van der Waals surface area contributed by atoms with E-state index in [-0.39, 0.29) is 23.3 Å². The molecule has 9 heteroatoms.